The SMILES string of the molecule is COC(=O)CN(C(=O)C1CCCN1C(=O)C1CC1)C(C)C. The van der Waals surface area contributed by atoms with Crippen molar-refractivity contribution in [3.05, 3.63) is 0 Å². The lowest BCUT2D eigenvalue weighted by atomic mass is 10.1. The van der Waals surface area contributed by atoms with E-state index in [1.165, 1.54) is 12.0 Å². The number of carbonyl (C=O) groups excluding carboxylic acids is 3. The molecule has 21 heavy (non-hydrogen) atoms. The van der Waals surface area contributed by atoms with Crippen molar-refractivity contribution in [1.29, 1.82) is 0 Å². The van der Waals surface area contributed by atoms with Gasteiger partial charge < -0.3 is 14.5 Å². The van der Waals surface area contributed by atoms with Crippen molar-refractivity contribution < 1.29 is 19.1 Å². The fourth-order valence-corrected chi connectivity index (χ4v) is 2.76. The summed E-state index contributed by atoms with van der Waals surface area (Å²) in [6.07, 6.45) is 3.40. The van der Waals surface area contributed by atoms with Gasteiger partial charge in [0.2, 0.25) is 11.8 Å². The van der Waals surface area contributed by atoms with Crippen LogP contribution in [0.3, 0.4) is 0 Å². The van der Waals surface area contributed by atoms with Crippen LogP contribution in [-0.4, -0.2) is 59.9 Å². The van der Waals surface area contributed by atoms with Gasteiger partial charge in [0.05, 0.1) is 7.11 Å². The van der Waals surface area contributed by atoms with Gasteiger partial charge in [0.15, 0.2) is 0 Å². The van der Waals surface area contributed by atoms with Crippen LogP contribution >= 0.6 is 0 Å². The first kappa shape index (κ1) is 15.8. The lowest BCUT2D eigenvalue weighted by Gasteiger charge is -2.32. The van der Waals surface area contributed by atoms with E-state index in [1.807, 2.05) is 13.8 Å². The Morgan fingerprint density at radius 3 is 2.43 bits per heavy atom. The first-order valence-electron chi connectivity index (χ1n) is 7.63. The third-order valence-corrected chi connectivity index (χ3v) is 4.18. The maximum absolute atomic E-state index is 12.7. The molecule has 1 saturated carbocycles. The number of hydrogen-bond acceptors (Lipinski definition) is 4. The van der Waals surface area contributed by atoms with Crippen LogP contribution in [0.4, 0.5) is 0 Å². The smallest absolute Gasteiger partial charge is 0.325 e. The third kappa shape index (κ3) is 3.54. The highest BCUT2D eigenvalue weighted by Gasteiger charge is 2.42. The fourth-order valence-electron chi connectivity index (χ4n) is 2.76. The number of ether oxygens (including phenoxy) is 1. The Kier molecular flexibility index (Phi) is 4.85. The van der Waals surface area contributed by atoms with E-state index in [0.29, 0.717) is 13.0 Å². The van der Waals surface area contributed by atoms with Crippen LogP contribution in [0.15, 0.2) is 0 Å². The van der Waals surface area contributed by atoms with E-state index in [2.05, 4.69) is 4.74 Å². The van der Waals surface area contributed by atoms with Gasteiger partial charge in [0.1, 0.15) is 12.6 Å². The Morgan fingerprint density at radius 1 is 1.24 bits per heavy atom. The Hall–Kier alpha value is -1.59. The number of carbonyl (C=O) groups is 3. The average molecular weight is 296 g/mol. The summed E-state index contributed by atoms with van der Waals surface area (Å²) in [7, 11) is 1.31. The van der Waals surface area contributed by atoms with Crippen LogP contribution in [0.25, 0.3) is 0 Å². The first-order chi connectivity index (χ1) is 9.95. The predicted octanol–water partition coefficient (Wildman–Crippen LogP) is 0.797. The topological polar surface area (TPSA) is 66.9 Å². The number of nitrogens with zero attached hydrogens (tertiary/aromatic N) is 2. The lowest BCUT2D eigenvalue weighted by Crippen LogP contribution is -2.51. The van der Waals surface area contributed by atoms with Crippen LogP contribution in [-0.2, 0) is 19.1 Å². The maximum Gasteiger partial charge on any atom is 0.325 e. The van der Waals surface area contributed by atoms with Gasteiger partial charge in [-0.25, -0.2) is 0 Å². The Bertz CT molecular complexity index is 431. The largest absolute Gasteiger partial charge is 0.468 e. The second-order valence-corrected chi connectivity index (χ2v) is 6.10. The van der Waals surface area contributed by atoms with E-state index in [4.69, 9.17) is 0 Å². The molecular formula is C15H24N2O4. The zero-order chi connectivity index (χ0) is 15.6. The zero-order valence-corrected chi connectivity index (χ0v) is 13.0. The quantitative estimate of drug-likeness (QED) is 0.704. The van der Waals surface area contributed by atoms with Crippen LogP contribution < -0.4 is 0 Å². The summed E-state index contributed by atoms with van der Waals surface area (Å²) in [5.74, 6) is -0.351. The molecule has 1 aliphatic heterocycles. The number of esters is 1. The molecule has 6 nitrogen and oxygen atoms in total. The summed E-state index contributed by atoms with van der Waals surface area (Å²) < 4.78 is 4.65. The summed E-state index contributed by atoms with van der Waals surface area (Å²) in [6, 6.07) is -0.514. The molecule has 1 heterocycles. The standard InChI is InChI=1S/C15H24N2O4/c1-10(2)17(9-13(18)21-3)15(20)12-5-4-8-16(12)14(19)11-6-7-11/h10-12H,4-9H2,1-3H3. The van der Waals surface area contributed by atoms with Gasteiger partial charge in [-0.1, -0.05) is 0 Å². The van der Waals surface area contributed by atoms with Crippen LogP contribution in [0, 0.1) is 5.92 Å². The second-order valence-electron chi connectivity index (χ2n) is 6.10. The van der Waals surface area contributed by atoms with Crippen molar-refractivity contribution in [3.63, 3.8) is 0 Å². The lowest BCUT2D eigenvalue weighted by molar-refractivity contribution is -0.152. The van der Waals surface area contributed by atoms with E-state index in [1.54, 1.807) is 4.90 Å². The molecule has 1 unspecified atom stereocenters. The average Bonchev–Trinajstić information content (AvgIpc) is 3.19. The third-order valence-electron chi connectivity index (χ3n) is 4.18. The number of amides is 2. The van der Waals surface area contributed by atoms with Crippen molar-refractivity contribution in [2.24, 2.45) is 5.92 Å². The normalized spacial score (nSPS) is 21.5. The molecule has 1 saturated heterocycles. The van der Waals surface area contributed by atoms with Crippen molar-refractivity contribution in [3.8, 4) is 0 Å². The minimum absolute atomic E-state index is 0.0606. The molecule has 1 atom stereocenters. The maximum atomic E-state index is 12.7. The van der Waals surface area contributed by atoms with Gasteiger partial charge in [0.25, 0.3) is 0 Å². The van der Waals surface area contributed by atoms with Crippen molar-refractivity contribution in [2.75, 3.05) is 20.2 Å². The summed E-state index contributed by atoms with van der Waals surface area (Å²) in [5, 5.41) is 0. The zero-order valence-electron chi connectivity index (χ0n) is 13.0. The molecule has 118 valence electrons. The molecule has 0 bridgehead atoms. The predicted molar refractivity (Wildman–Crippen MR) is 76.3 cm³/mol. The molecule has 0 aromatic rings. The molecular weight excluding hydrogens is 272 g/mol. The summed E-state index contributed by atoms with van der Waals surface area (Å²) in [5.41, 5.74) is 0. The highest BCUT2D eigenvalue weighted by atomic mass is 16.5. The van der Waals surface area contributed by atoms with Gasteiger partial charge >= 0.3 is 5.97 Å². The van der Waals surface area contributed by atoms with Crippen molar-refractivity contribution >= 4 is 17.8 Å². The van der Waals surface area contributed by atoms with E-state index < -0.39 is 12.0 Å². The Labute approximate surface area is 125 Å². The molecule has 1 aliphatic carbocycles. The van der Waals surface area contributed by atoms with Crippen LogP contribution in [0.1, 0.15) is 39.5 Å². The molecule has 0 N–H and O–H groups in total. The number of rotatable bonds is 5. The van der Waals surface area contributed by atoms with Gasteiger partial charge in [-0.15, -0.1) is 0 Å². The van der Waals surface area contributed by atoms with E-state index in [-0.39, 0.29) is 30.3 Å². The van der Waals surface area contributed by atoms with E-state index in [9.17, 15) is 14.4 Å². The molecule has 6 heteroatoms. The molecule has 2 rings (SSSR count). The summed E-state index contributed by atoms with van der Waals surface area (Å²) in [4.78, 5) is 39.7. The minimum Gasteiger partial charge on any atom is -0.468 e. The first-order valence-corrected chi connectivity index (χ1v) is 7.63. The van der Waals surface area contributed by atoms with E-state index in [0.717, 1.165) is 19.3 Å². The molecule has 2 amide bonds. The van der Waals surface area contributed by atoms with E-state index >= 15 is 0 Å². The molecule has 2 fully saturated rings. The fraction of sp³-hybridized carbons (Fsp3) is 0.800. The van der Waals surface area contributed by atoms with Gasteiger partial charge in [-0.05, 0) is 39.5 Å². The second kappa shape index (κ2) is 6.45. The Morgan fingerprint density at radius 2 is 1.90 bits per heavy atom. The molecule has 0 aromatic carbocycles. The van der Waals surface area contributed by atoms with Crippen LogP contribution in [0.5, 0.6) is 0 Å². The Balaban J connectivity index is 2.07. The van der Waals surface area contributed by atoms with Crippen molar-refractivity contribution in [2.45, 2.75) is 51.6 Å². The number of hydrogen-bond donors (Lipinski definition) is 0. The minimum atomic E-state index is -0.435. The summed E-state index contributed by atoms with van der Waals surface area (Å²) >= 11 is 0. The highest BCUT2D eigenvalue weighted by Crippen LogP contribution is 2.34. The molecule has 2 aliphatic rings. The molecule has 0 aromatic heterocycles. The van der Waals surface area contributed by atoms with Crippen molar-refractivity contribution in [1.82, 2.24) is 9.80 Å². The molecule has 0 spiro atoms. The van der Waals surface area contributed by atoms with Gasteiger partial charge in [-0.3, -0.25) is 14.4 Å². The number of methoxy groups -OCH3 is 1. The highest BCUT2D eigenvalue weighted by molar-refractivity contribution is 5.91. The van der Waals surface area contributed by atoms with Gasteiger partial charge in [-0.2, -0.15) is 0 Å². The van der Waals surface area contributed by atoms with Crippen LogP contribution in [0.2, 0.25) is 0 Å². The monoisotopic (exact) mass is 296 g/mol. The summed E-state index contributed by atoms with van der Waals surface area (Å²) in [6.45, 7) is 4.32. The molecule has 0 radical (unpaired) electrons. The van der Waals surface area contributed by atoms with Gasteiger partial charge in [0, 0.05) is 18.5 Å². The number of likely N-dealkylation sites (tertiary alicyclic amines) is 1.